The smallest absolute Gasteiger partial charge is 0.307 e. The number of hydrogen-bond acceptors (Lipinski definition) is 8. The molecule has 428 valence electrons. The first-order valence-corrected chi connectivity index (χ1v) is 30.3. The van der Waals surface area contributed by atoms with E-state index in [9.17, 15) is 32.7 Å². The summed E-state index contributed by atoms with van der Waals surface area (Å²) in [4.78, 5) is 58.2. The van der Waals surface area contributed by atoms with Gasteiger partial charge in [0.2, 0.25) is 0 Å². The van der Waals surface area contributed by atoms with Crippen molar-refractivity contribution in [2.45, 2.75) is 148 Å². The Bertz CT molecular complexity index is 3640. The molecule has 5 aromatic heterocycles. The number of aryl methyl sites for hydroxylation is 3. The number of aliphatic carboxylic acids is 1. The first-order chi connectivity index (χ1) is 39.9. The molecule has 6 aliphatic rings. The fourth-order valence-electron chi connectivity index (χ4n) is 15.1. The molecule has 0 amide bonds. The SMILES string of the molecule is Cc1cc2nccc(C3CCC4(CC3)CC4C(=O)Cc3ccc(Cl)nc3)c2cc1F.Cc1cc2nccc(C3CCC4(CC3)CC4C(=O)Cc3ccc(Cl)nc3)c2cc1F.Cc1cc2nccc(C3CCC4(CC3)CC4C(=O)O)c2cc1F. The highest BCUT2D eigenvalue weighted by atomic mass is 35.5. The van der Waals surface area contributed by atoms with Gasteiger partial charge in [-0.05, 0) is 262 Å². The van der Waals surface area contributed by atoms with Crippen LogP contribution in [0.25, 0.3) is 32.7 Å². The monoisotopic (exact) mass is 1160 g/mol. The molecule has 0 saturated heterocycles. The van der Waals surface area contributed by atoms with Crippen LogP contribution in [-0.2, 0) is 27.2 Å². The van der Waals surface area contributed by atoms with Crippen LogP contribution in [0.1, 0.15) is 159 Å². The van der Waals surface area contributed by atoms with Crippen molar-refractivity contribution in [1.82, 2.24) is 24.9 Å². The Morgan fingerprint density at radius 1 is 0.470 bits per heavy atom. The number of carbonyl (C=O) groups excluding carboxylic acids is 2. The molecule has 1 N–H and O–H groups in total. The number of carboxylic acids is 1. The molecule has 14 heteroatoms. The van der Waals surface area contributed by atoms with E-state index in [2.05, 4.69) is 24.9 Å². The number of benzene rings is 3. The molecule has 0 aliphatic heterocycles. The average Bonchev–Trinajstić information content (AvgIpc) is 3.24. The number of ketones is 2. The van der Waals surface area contributed by atoms with E-state index in [4.69, 9.17) is 23.2 Å². The topological polar surface area (TPSA) is 136 Å². The molecule has 3 spiro atoms. The molecule has 5 heterocycles. The van der Waals surface area contributed by atoms with Gasteiger partial charge < -0.3 is 5.11 Å². The van der Waals surface area contributed by atoms with Gasteiger partial charge in [-0.3, -0.25) is 29.3 Å². The molecular weight excluding hydrogens is 1090 g/mol. The third-order valence-corrected chi connectivity index (χ3v) is 20.9. The van der Waals surface area contributed by atoms with Gasteiger partial charge in [-0.15, -0.1) is 0 Å². The van der Waals surface area contributed by atoms with Crippen LogP contribution in [0.15, 0.2) is 110 Å². The number of nitrogens with zero attached hydrogens (tertiary/aromatic N) is 5. The van der Waals surface area contributed by atoms with Gasteiger partial charge in [0.05, 0.1) is 22.5 Å². The summed E-state index contributed by atoms with van der Waals surface area (Å²) in [6.45, 7) is 5.31. The van der Waals surface area contributed by atoms with E-state index < -0.39 is 5.97 Å². The zero-order chi connectivity index (χ0) is 58.0. The number of Topliss-reactive ketones (excluding diaryl/α,β-unsaturated/α-hetero) is 2. The Labute approximate surface area is 492 Å². The molecule has 9 nitrogen and oxygen atoms in total. The Morgan fingerprint density at radius 2 is 0.783 bits per heavy atom. The van der Waals surface area contributed by atoms with Crippen LogP contribution in [0.2, 0.25) is 10.3 Å². The van der Waals surface area contributed by atoms with Crippen LogP contribution >= 0.6 is 23.2 Å². The minimum Gasteiger partial charge on any atom is -0.481 e. The minimum atomic E-state index is -0.643. The molecule has 14 rings (SSSR count). The lowest BCUT2D eigenvalue weighted by atomic mass is 9.74. The molecular formula is C69H68Cl2F3N5O4. The lowest BCUT2D eigenvalue weighted by Crippen LogP contribution is -2.20. The number of pyridine rings is 5. The van der Waals surface area contributed by atoms with Gasteiger partial charge in [0.15, 0.2) is 0 Å². The van der Waals surface area contributed by atoms with Crippen LogP contribution in [0, 0.1) is 72.2 Å². The number of halogens is 5. The standard InChI is InChI=1S/2C25H24ClFN2O.C19H20FNO2/c2*1-15-10-22-19(12-21(15)27)18(6-9-28-22)17-4-7-25(8-5-17)13-20(25)23(30)11-16-2-3-24(26)29-14-16;1-11-8-17-14(9-16(11)20)13(4-7-21-17)12-2-5-19(6-3-12)10-15(19)18(22)23/h2*2-3,6,9-10,12,14,17,20H,4-5,7-8,11,13H2,1H3;4,7-9,12,15H,2-3,5-6,10H2,1H3,(H,22,23). The molecule has 6 fully saturated rings. The van der Waals surface area contributed by atoms with Crippen molar-refractivity contribution in [3.63, 3.8) is 0 Å². The van der Waals surface area contributed by atoms with Crippen molar-refractivity contribution in [3.8, 4) is 0 Å². The summed E-state index contributed by atoms with van der Waals surface area (Å²) in [5.74, 6) is 0.853. The maximum absolute atomic E-state index is 14.2. The first kappa shape index (κ1) is 56.8. The van der Waals surface area contributed by atoms with Gasteiger partial charge >= 0.3 is 5.97 Å². The Kier molecular flexibility index (Phi) is 15.6. The summed E-state index contributed by atoms with van der Waals surface area (Å²) in [5.41, 5.74) is 10.3. The maximum atomic E-state index is 14.2. The highest BCUT2D eigenvalue weighted by Crippen LogP contribution is 2.66. The normalized spacial score (nSPS) is 26.7. The molecule has 0 bridgehead atoms. The van der Waals surface area contributed by atoms with Gasteiger partial charge in [-0.2, -0.15) is 0 Å². The van der Waals surface area contributed by atoms with E-state index in [1.165, 1.54) is 11.1 Å². The van der Waals surface area contributed by atoms with Gasteiger partial charge in [-0.25, -0.2) is 23.1 Å². The molecule has 8 aromatic rings. The molecule has 6 aliphatic carbocycles. The second kappa shape index (κ2) is 22.7. The number of carboxylic acid groups (broad SMARTS) is 1. The summed E-state index contributed by atoms with van der Waals surface area (Å²) in [6.07, 6.45) is 24.9. The average molecular weight is 1160 g/mol. The summed E-state index contributed by atoms with van der Waals surface area (Å²) in [7, 11) is 0. The predicted octanol–water partition coefficient (Wildman–Crippen LogP) is 16.8. The van der Waals surface area contributed by atoms with E-state index in [0.717, 1.165) is 146 Å². The minimum absolute atomic E-state index is 0.0486. The van der Waals surface area contributed by atoms with Gasteiger partial charge in [0.1, 0.15) is 39.3 Å². The fourth-order valence-corrected chi connectivity index (χ4v) is 15.3. The lowest BCUT2D eigenvalue weighted by molar-refractivity contribution is -0.139. The number of hydrogen-bond donors (Lipinski definition) is 1. The van der Waals surface area contributed by atoms with Crippen molar-refractivity contribution < 1.29 is 32.7 Å². The summed E-state index contributed by atoms with van der Waals surface area (Å²) >= 11 is 11.7. The number of rotatable bonds is 10. The highest BCUT2D eigenvalue weighted by molar-refractivity contribution is 6.29. The number of carbonyl (C=O) groups is 3. The molecule has 3 aromatic carbocycles. The second-order valence-electron chi connectivity index (χ2n) is 25.3. The van der Waals surface area contributed by atoms with E-state index in [1.54, 1.807) is 75.8 Å². The van der Waals surface area contributed by atoms with Gasteiger partial charge in [0, 0.05) is 71.8 Å². The molecule has 3 unspecified atom stereocenters. The van der Waals surface area contributed by atoms with Crippen molar-refractivity contribution in [1.29, 1.82) is 0 Å². The third-order valence-electron chi connectivity index (χ3n) is 20.4. The van der Waals surface area contributed by atoms with E-state index in [-0.39, 0.29) is 51.5 Å². The third kappa shape index (κ3) is 11.7. The van der Waals surface area contributed by atoms with Crippen LogP contribution in [0.3, 0.4) is 0 Å². The Balaban J connectivity index is 0.000000124. The van der Waals surface area contributed by atoms with Gasteiger partial charge in [0.25, 0.3) is 0 Å². The summed E-state index contributed by atoms with van der Waals surface area (Å²) in [6, 6.07) is 23.7. The van der Waals surface area contributed by atoms with E-state index in [0.29, 0.717) is 69.2 Å². The number of aromatic nitrogens is 5. The Morgan fingerprint density at radius 3 is 1.07 bits per heavy atom. The zero-order valence-electron chi connectivity index (χ0n) is 47.2. The molecule has 83 heavy (non-hydrogen) atoms. The van der Waals surface area contributed by atoms with Crippen LogP contribution in [-0.4, -0.2) is 47.6 Å². The van der Waals surface area contributed by atoms with Crippen molar-refractivity contribution in [2.24, 2.45) is 34.0 Å². The van der Waals surface area contributed by atoms with E-state index >= 15 is 0 Å². The van der Waals surface area contributed by atoms with Gasteiger partial charge in [-0.1, -0.05) is 35.3 Å². The first-order valence-electron chi connectivity index (χ1n) is 29.5. The van der Waals surface area contributed by atoms with Crippen LogP contribution in [0.4, 0.5) is 13.2 Å². The maximum Gasteiger partial charge on any atom is 0.307 e. The Hall–Kier alpha value is -6.63. The predicted molar refractivity (Wildman–Crippen MR) is 318 cm³/mol. The van der Waals surface area contributed by atoms with Crippen LogP contribution in [0.5, 0.6) is 0 Å². The second-order valence-corrected chi connectivity index (χ2v) is 26.1. The highest BCUT2D eigenvalue weighted by Gasteiger charge is 2.60. The quantitative estimate of drug-likeness (QED) is 0.133. The van der Waals surface area contributed by atoms with E-state index in [1.807, 2.05) is 54.9 Å². The summed E-state index contributed by atoms with van der Waals surface area (Å²) in [5, 5.41) is 12.9. The lowest BCUT2D eigenvalue weighted by Gasteiger charge is -2.30. The molecule has 3 atom stereocenters. The molecule has 6 saturated carbocycles. The zero-order valence-corrected chi connectivity index (χ0v) is 48.7. The largest absolute Gasteiger partial charge is 0.481 e. The fraction of sp³-hybridized carbons (Fsp3) is 0.420. The summed E-state index contributed by atoms with van der Waals surface area (Å²) < 4.78 is 42.4. The van der Waals surface area contributed by atoms with Crippen molar-refractivity contribution in [2.75, 3.05) is 0 Å². The van der Waals surface area contributed by atoms with Crippen LogP contribution < -0.4 is 0 Å². The van der Waals surface area contributed by atoms with Crippen molar-refractivity contribution in [3.05, 3.63) is 182 Å². The number of fused-ring (bicyclic) bond motifs is 3. The molecule has 0 radical (unpaired) electrons. The van der Waals surface area contributed by atoms with Crippen molar-refractivity contribution >= 4 is 73.4 Å².